The third-order valence-electron chi connectivity index (χ3n) is 4.39. The van der Waals surface area contributed by atoms with E-state index >= 15 is 0 Å². The number of esters is 1. The quantitative estimate of drug-likeness (QED) is 0.285. The average molecular weight is 294 g/mol. The fraction of sp³-hybridized carbons (Fsp3) is 0.722. The Kier molecular flexibility index (Phi) is 6.21. The lowest BCUT2D eigenvalue weighted by atomic mass is 9.91. The van der Waals surface area contributed by atoms with E-state index in [4.69, 9.17) is 9.47 Å². The predicted molar refractivity (Wildman–Crippen MR) is 86.2 cm³/mol. The van der Waals surface area contributed by atoms with E-state index < -0.39 is 0 Å². The van der Waals surface area contributed by atoms with E-state index in [1.807, 2.05) is 13.8 Å². The third-order valence-corrected chi connectivity index (χ3v) is 4.39. The zero-order chi connectivity index (χ0) is 16.1. The van der Waals surface area contributed by atoms with Crippen LogP contribution >= 0.6 is 0 Å². The molecule has 0 N–H and O–H groups in total. The van der Waals surface area contributed by atoms with Gasteiger partial charge in [0.2, 0.25) is 0 Å². The van der Waals surface area contributed by atoms with Gasteiger partial charge in [-0.1, -0.05) is 17.2 Å². The van der Waals surface area contributed by atoms with Crippen LogP contribution in [0.2, 0.25) is 0 Å². The minimum atomic E-state index is -0.239. The van der Waals surface area contributed by atoms with Crippen LogP contribution in [0, 0.1) is 0 Å². The van der Waals surface area contributed by atoms with Gasteiger partial charge in [0.25, 0.3) is 0 Å². The van der Waals surface area contributed by atoms with Gasteiger partial charge in [0.15, 0.2) is 0 Å². The van der Waals surface area contributed by atoms with Crippen LogP contribution in [0.15, 0.2) is 23.3 Å². The standard InChI is InChI=1S/C18H30O3/c1-7-20-16(19)13-15(3)10-8-9-14(2)11-12-18(6)17(4,5)21-18/h9,13H,7-8,10-12H2,1-6H3. The fourth-order valence-corrected chi connectivity index (χ4v) is 2.43. The van der Waals surface area contributed by atoms with Gasteiger partial charge in [-0.15, -0.1) is 0 Å². The normalized spacial score (nSPS) is 24.9. The Bertz CT molecular complexity index is 432. The van der Waals surface area contributed by atoms with Gasteiger partial charge in [-0.3, -0.25) is 0 Å². The Morgan fingerprint density at radius 2 is 1.76 bits per heavy atom. The number of ether oxygens (including phenoxy) is 2. The van der Waals surface area contributed by atoms with Crippen molar-refractivity contribution in [3.05, 3.63) is 23.3 Å². The highest BCUT2D eigenvalue weighted by atomic mass is 16.6. The van der Waals surface area contributed by atoms with Crippen LogP contribution in [0.3, 0.4) is 0 Å². The van der Waals surface area contributed by atoms with Gasteiger partial charge in [0.1, 0.15) is 0 Å². The molecule has 1 rings (SSSR count). The maximum absolute atomic E-state index is 11.3. The molecule has 1 fully saturated rings. The molecule has 0 radical (unpaired) electrons. The molecule has 0 amide bonds. The molecule has 0 spiro atoms. The van der Waals surface area contributed by atoms with Gasteiger partial charge in [0.05, 0.1) is 17.8 Å². The molecular formula is C18H30O3. The Morgan fingerprint density at radius 3 is 2.29 bits per heavy atom. The molecule has 120 valence electrons. The van der Waals surface area contributed by atoms with Gasteiger partial charge in [-0.2, -0.15) is 0 Å². The van der Waals surface area contributed by atoms with Crippen LogP contribution in [-0.4, -0.2) is 23.8 Å². The Morgan fingerprint density at radius 1 is 1.14 bits per heavy atom. The van der Waals surface area contributed by atoms with Crippen molar-refractivity contribution in [3.63, 3.8) is 0 Å². The molecule has 0 aromatic carbocycles. The summed E-state index contributed by atoms with van der Waals surface area (Å²) in [5.41, 5.74) is 2.54. The summed E-state index contributed by atoms with van der Waals surface area (Å²) in [6, 6.07) is 0. The summed E-state index contributed by atoms with van der Waals surface area (Å²) < 4.78 is 10.7. The number of rotatable bonds is 8. The van der Waals surface area contributed by atoms with E-state index in [1.165, 1.54) is 5.57 Å². The van der Waals surface area contributed by atoms with Crippen molar-refractivity contribution < 1.29 is 14.3 Å². The number of epoxide rings is 1. The second-order valence-electron chi connectivity index (χ2n) is 6.68. The monoisotopic (exact) mass is 294 g/mol. The molecule has 1 heterocycles. The first-order valence-corrected chi connectivity index (χ1v) is 7.90. The lowest BCUT2D eigenvalue weighted by Gasteiger charge is -2.09. The molecule has 0 aromatic heterocycles. The number of carbonyl (C=O) groups excluding carboxylic acids is 1. The van der Waals surface area contributed by atoms with Crippen molar-refractivity contribution in [3.8, 4) is 0 Å². The Hall–Kier alpha value is -1.09. The Balaban J connectivity index is 2.28. The van der Waals surface area contributed by atoms with Gasteiger partial charge in [-0.25, -0.2) is 4.79 Å². The van der Waals surface area contributed by atoms with Crippen molar-refractivity contribution in [2.45, 2.75) is 78.4 Å². The molecule has 0 saturated carbocycles. The maximum atomic E-state index is 11.3. The van der Waals surface area contributed by atoms with Crippen LogP contribution in [0.4, 0.5) is 0 Å². The van der Waals surface area contributed by atoms with Crippen molar-refractivity contribution in [2.24, 2.45) is 0 Å². The first-order chi connectivity index (χ1) is 9.70. The van der Waals surface area contributed by atoms with Crippen molar-refractivity contribution in [1.29, 1.82) is 0 Å². The van der Waals surface area contributed by atoms with E-state index in [1.54, 1.807) is 6.08 Å². The molecule has 21 heavy (non-hydrogen) atoms. The van der Waals surface area contributed by atoms with Crippen LogP contribution in [0.25, 0.3) is 0 Å². The molecule has 0 bridgehead atoms. The first kappa shape index (κ1) is 18.0. The second-order valence-corrected chi connectivity index (χ2v) is 6.68. The second kappa shape index (κ2) is 7.26. The Labute approximate surface area is 129 Å². The van der Waals surface area contributed by atoms with E-state index in [0.717, 1.165) is 31.3 Å². The van der Waals surface area contributed by atoms with Gasteiger partial charge in [0, 0.05) is 6.08 Å². The zero-order valence-corrected chi connectivity index (χ0v) is 14.4. The largest absolute Gasteiger partial charge is 0.463 e. The highest BCUT2D eigenvalue weighted by molar-refractivity contribution is 5.82. The van der Waals surface area contributed by atoms with Crippen molar-refractivity contribution in [1.82, 2.24) is 0 Å². The molecule has 1 aliphatic heterocycles. The first-order valence-electron chi connectivity index (χ1n) is 7.90. The third kappa shape index (κ3) is 5.66. The predicted octanol–water partition coefficient (Wildman–Crippen LogP) is 4.57. The van der Waals surface area contributed by atoms with Crippen LogP contribution < -0.4 is 0 Å². The number of hydrogen-bond donors (Lipinski definition) is 0. The average Bonchev–Trinajstić information content (AvgIpc) is 2.86. The molecule has 0 aromatic rings. The smallest absolute Gasteiger partial charge is 0.330 e. The van der Waals surface area contributed by atoms with Crippen LogP contribution in [0.5, 0.6) is 0 Å². The highest BCUT2D eigenvalue weighted by Crippen LogP contribution is 2.50. The summed E-state index contributed by atoms with van der Waals surface area (Å²) >= 11 is 0. The molecule has 3 heteroatoms. The van der Waals surface area contributed by atoms with Gasteiger partial charge >= 0.3 is 5.97 Å². The summed E-state index contributed by atoms with van der Waals surface area (Å²) in [5, 5.41) is 0. The minimum Gasteiger partial charge on any atom is -0.463 e. The van der Waals surface area contributed by atoms with Crippen LogP contribution in [-0.2, 0) is 14.3 Å². The lowest BCUT2D eigenvalue weighted by Crippen LogP contribution is -2.16. The molecular weight excluding hydrogens is 264 g/mol. The molecule has 1 aliphatic rings. The van der Waals surface area contributed by atoms with E-state index in [2.05, 4.69) is 33.8 Å². The van der Waals surface area contributed by atoms with Crippen LogP contribution in [0.1, 0.15) is 67.2 Å². The minimum absolute atomic E-state index is 0.0340. The van der Waals surface area contributed by atoms with E-state index in [9.17, 15) is 4.79 Å². The number of hydrogen-bond acceptors (Lipinski definition) is 3. The summed E-state index contributed by atoms with van der Waals surface area (Å²) in [4.78, 5) is 11.3. The summed E-state index contributed by atoms with van der Waals surface area (Å²) in [6.45, 7) is 12.9. The fourth-order valence-electron chi connectivity index (χ4n) is 2.43. The number of carbonyl (C=O) groups is 1. The molecule has 1 atom stereocenters. The van der Waals surface area contributed by atoms with Crippen molar-refractivity contribution in [2.75, 3.05) is 6.61 Å². The highest BCUT2D eigenvalue weighted by Gasteiger charge is 2.59. The van der Waals surface area contributed by atoms with E-state index in [-0.39, 0.29) is 17.2 Å². The summed E-state index contributed by atoms with van der Waals surface area (Å²) in [7, 11) is 0. The zero-order valence-electron chi connectivity index (χ0n) is 14.4. The lowest BCUT2D eigenvalue weighted by molar-refractivity contribution is -0.137. The topological polar surface area (TPSA) is 38.8 Å². The van der Waals surface area contributed by atoms with Gasteiger partial charge < -0.3 is 9.47 Å². The SMILES string of the molecule is CCOC(=O)C=C(C)CCC=C(C)CCC1(C)OC1(C)C. The molecule has 3 nitrogen and oxygen atoms in total. The molecule has 1 saturated heterocycles. The van der Waals surface area contributed by atoms with Crippen molar-refractivity contribution >= 4 is 5.97 Å². The number of allylic oxidation sites excluding steroid dienone is 3. The summed E-state index contributed by atoms with van der Waals surface area (Å²) in [5.74, 6) is -0.239. The van der Waals surface area contributed by atoms with E-state index in [0.29, 0.717) is 6.61 Å². The summed E-state index contributed by atoms with van der Waals surface area (Å²) in [6.07, 6.45) is 7.86. The molecule has 0 aliphatic carbocycles. The van der Waals surface area contributed by atoms with Gasteiger partial charge in [-0.05, 0) is 67.2 Å². The molecule has 1 unspecified atom stereocenters. The maximum Gasteiger partial charge on any atom is 0.330 e.